The van der Waals surface area contributed by atoms with E-state index in [9.17, 15) is 9.59 Å². The van der Waals surface area contributed by atoms with E-state index in [1.54, 1.807) is 18.4 Å². The van der Waals surface area contributed by atoms with Crippen LogP contribution in [-0.4, -0.2) is 38.7 Å². The number of carbonyl (C=O) groups is 2. The number of anilines is 1. The molecule has 19 heavy (non-hydrogen) atoms. The van der Waals surface area contributed by atoms with Gasteiger partial charge in [-0.2, -0.15) is 0 Å². The highest BCUT2D eigenvalue weighted by Crippen LogP contribution is 2.32. The first-order valence-electron chi connectivity index (χ1n) is 5.89. The zero-order valence-electron chi connectivity index (χ0n) is 11.9. The molecule has 106 valence electrons. The largest absolute Gasteiger partial charge is 0.462 e. The quantitative estimate of drug-likeness (QED) is 0.626. The van der Waals surface area contributed by atoms with E-state index in [0.29, 0.717) is 6.61 Å². The minimum Gasteiger partial charge on any atom is -0.462 e. The van der Waals surface area contributed by atoms with Crippen molar-refractivity contribution in [1.82, 2.24) is 0 Å². The van der Waals surface area contributed by atoms with Crippen molar-refractivity contribution in [3.8, 4) is 0 Å². The average Bonchev–Trinajstić information content (AvgIpc) is 2.70. The Hall–Kier alpha value is -1.40. The lowest BCUT2D eigenvalue weighted by molar-refractivity contribution is -0.151. The first-order valence-corrected chi connectivity index (χ1v) is 6.77. The first-order chi connectivity index (χ1) is 8.93. The molecule has 0 radical (unpaired) electrons. The lowest BCUT2D eigenvalue weighted by Gasteiger charge is -2.28. The van der Waals surface area contributed by atoms with Crippen LogP contribution in [0.4, 0.5) is 5.69 Å². The van der Waals surface area contributed by atoms with Crippen LogP contribution in [0, 0.1) is 13.8 Å². The van der Waals surface area contributed by atoms with Crippen molar-refractivity contribution in [3.63, 3.8) is 0 Å². The molecule has 6 heteroatoms. The number of aryl methyl sites for hydroxylation is 2. The Balaban J connectivity index is 3.20. The van der Waals surface area contributed by atoms with Gasteiger partial charge >= 0.3 is 11.9 Å². The average molecular weight is 285 g/mol. The third-order valence-electron chi connectivity index (χ3n) is 2.79. The summed E-state index contributed by atoms with van der Waals surface area (Å²) in [5, 5.41) is 1.96. The zero-order chi connectivity index (χ0) is 14.6. The van der Waals surface area contributed by atoms with Gasteiger partial charge in [0, 0.05) is 12.0 Å². The second kappa shape index (κ2) is 6.68. The molecule has 0 saturated carbocycles. The molecule has 0 aliphatic rings. The van der Waals surface area contributed by atoms with E-state index < -0.39 is 11.9 Å². The van der Waals surface area contributed by atoms with Crippen LogP contribution in [0.3, 0.4) is 0 Å². The molecule has 1 aromatic heterocycles. The molecule has 1 aromatic rings. The van der Waals surface area contributed by atoms with Crippen molar-refractivity contribution in [2.45, 2.75) is 26.8 Å². The van der Waals surface area contributed by atoms with Gasteiger partial charge in [-0.15, -0.1) is 11.3 Å². The summed E-state index contributed by atoms with van der Waals surface area (Å²) in [4.78, 5) is 26.2. The predicted octanol–water partition coefficient (Wildman–Crippen LogP) is 1.91. The molecule has 0 saturated heterocycles. The van der Waals surface area contributed by atoms with E-state index in [2.05, 4.69) is 4.74 Å². The molecule has 0 bridgehead atoms. The first kappa shape index (κ1) is 15.7. The van der Waals surface area contributed by atoms with Gasteiger partial charge in [0.05, 0.1) is 25.4 Å². The van der Waals surface area contributed by atoms with Crippen LogP contribution in [0.25, 0.3) is 0 Å². The Bertz CT molecular complexity index is 450. The minimum absolute atomic E-state index is 0.247. The third kappa shape index (κ3) is 3.33. The fourth-order valence-electron chi connectivity index (χ4n) is 1.95. The molecule has 1 unspecified atom stereocenters. The van der Waals surface area contributed by atoms with Gasteiger partial charge in [-0.1, -0.05) is 0 Å². The molecule has 1 rings (SSSR count). The lowest BCUT2D eigenvalue weighted by atomic mass is 10.2. The van der Waals surface area contributed by atoms with Crippen LogP contribution in [0.2, 0.25) is 0 Å². The summed E-state index contributed by atoms with van der Waals surface area (Å²) in [6, 6.07) is -0.247. The predicted molar refractivity (Wildman–Crippen MR) is 74.6 cm³/mol. The summed E-state index contributed by atoms with van der Waals surface area (Å²) >= 11 is 1.54. The Morgan fingerprint density at radius 2 is 2.00 bits per heavy atom. The molecule has 1 heterocycles. The van der Waals surface area contributed by atoms with Crippen molar-refractivity contribution < 1.29 is 19.1 Å². The van der Waals surface area contributed by atoms with Crippen LogP contribution in [0.1, 0.15) is 17.4 Å². The normalized spacial score (nSPS) is 12.1. The van der Waals surface area contributed by atoms with Crippen LogP contribution in [-0.2, 0) is 19.1 Å². The number of hydrogen-bond acceptors (Lipinski definition) is 5. The van der Waals surface area contributed by atoms with Crippen molar-refractivity contribution >= 4 is 28.9 Å². The highest BCUT2D eigenvalue weighted by molar-refractivity contribution is 7.10. The Labute approximate surface area is 117 Å². The van der Waals surface area contributed by atoms with Gasteiger partial charge in [0.15, 0.2) is 0 Å². The fraction of sp³-hybridized carbons (Fsp3) is 0.538. The van der Waals surface area contributed by atoms with Gasteiger partial charge in [0.25, 0.3) is 0 Å². The third-order valence-corrected chi connectivity index (χ3v) is 3.81. The standard InChI is InChI=1S/C13H19NO4S/c1-8-7-19-10(3)11(8)14(9(2)6-17-4)12(15)13(16)18-5/h7,9H,6H2,1-5H3. The minimum atomic E-state index is -0.868. The molecule has 0 spiro atoms. The molecule has 0 fully saturated rings. The lowest BCUT2D eigenvalue weighted by Crippen LogP contribution is -2.45. The van der Waals surface area contributed by atoms with Crippen molar-refractivity contribution in [1.29, 1.82) is 0 Å². The maximum absolute atomic E-state index is 12.2. The van der Waals surface area contributed by atoms with E-state index in [1.807, 2.05) is 26.2 Å². The Morgan fingerprint density at radius 3 is 2.42 bits per heavy atom. The van der Waals surface area contributed by atoms with E-state index in [0.717, 1.165) is 16.1 Å². The number of esters is 1. The zero-order valence-corrected chi connectivity index (χ0v) is 12.7. The molecule has 0 aromatic carbocycles. The topological polar surface area (TPSA) is 55.8 Å². The van der Waals surface area contributed by atoms with E-state index in [1.165, 1.54) is 12.0 Å². The molecule has 5 nitrogen and oxygen atoms in total. The van der Waals surface area contributed by atoms with Crippen LogP contribution < -0.4 is 4.90 Å². The molecule has 0 N–H and O–H groups in total. The van der Waals surface area contributed by atoms with Gasteiger partial charge in [0.1, 0.15) is 0 Å². The van der Waals surface area contributed by atoms with Gasteiger partial charge in [-0.25, -0.2) is 4.79 Å². The maximum Gasteiger partial charge on any atom is 0.397 e. The molecular weight excluding hydrogens is 266 g/mol. The number of thiophene rings is 1. The van der Waals surface area contributed by atoms with E-state index >= 15 is 0 Å². The number of ether oxygens (including phenoxy) is 2. The van der Waals surface area contributed by atoms with E-state index in [-0.39, 0.29) is 6.04 Å². The number of nitrogens with zero attached hydrogens (tertiary/aromatic N) is 1. The fourth-order valence-corrected chi connectivity index (χ4v) is 2.79. The Kier molecular flexibility index (Phi) is 5.50. The monoisotopic (exact) mass is 285 g/mol. The van der Waals surface area contributed by atoms with Crippen LogP contribution in [0.5, 0.6) is 0 Å². The number of carbonyl (C=O) groups excluding carboxylic acids is 2. The molecule has 1 atom stereocenters. The summed E-state index contributed by atoms with van der Waals surface area (Å²) in [6.07, 6.45) is 0. The maximum atomic E-state index is 12.2. The summed E-state index contributed by atoms with van der Waals surface area (Å²) in [6.45, 7) is 6.01. The van der Waals surface area contributed by atoms with Crippen molar-refractivity contribution in [3.05, 3.63) is 15.8 Å². The summed E-state index contributed by atoms with van der Waals surface area (Å²) < 4.78 is 9.61. The summed E-state index contributed by atoms with van der Waals surface area (Å²) in [5.74, 6) is -1.54. The van der Waals surface area contributed by atoms with Gasteiger partial charge in [0.2, 0.25) is 0 Å². The van der Waals surface area contributed by atoms with Crippen LogP contribution in [0.15, 0.2) is 5.38 Å². The van der Waals surface area contributed by atoms with Crippen LogP contribution >= 0.6 is 11.3 Å². The molecule has 0 aliphatic carbocycles. The molecule has 1 amide bonds. The molecule has 0 aliphatic heterocycles. The second-order valence-corrected chi connectivity index (χ2v) is 5.38. The SMILES string of the molecule is COCC(C)N(C(=O)C(=O)OC)c1c(C)csc1C. The summed E-state index contributed by atoms with van der Waals surface area (Å²) in [5.41, 5.74) is 1.73. The van der Waals surface area contributed by atoms with Gasteiger partial charge in [-0.05, 0) is 31.7 Å². The number of hydrogen-bond donors (Lipinski definition) is 0. The highest BCUT2D eigenvalue weighted by atomic mass is 32.1. The molecular formula is C13H19NO4S. The van der Waals surface area contributed by atoms with Crippen molar-refractivity contribution in [2.24, 2.45) is 0 Å². The highest BCUT2D eigenvalue weighted by Gasteiger charge is 2.31. The number of rotatable bonds is 4. The summed E-state index contributed by atoms with van der Waals surface area (Å²) in [7, 11) is 2.76. The van der Waals surface area contributed by atoms with Gasteiger partial charge in [-0.3, -0.25) is 9.69 Å². The second-order valence-electron chi connectivity index (χ2n) is 4.29. The van der Waals surface area contributed by atoms with E-state index in [4.69, 9.17) is 4.74 Å². The Morgan fingerprint density at radius 1 is 1.37 bits per heavy atom. The van der Waals surface area contributed by atoms with Gasteiger partial charge < -0.3 is 9.47 Å². The number of methoxy groups -OCH3 is 2. The van der Waals surface area contributed by atoms with Crippen molar-refractivity contribution in [2.75, 3.05) is 25.7 Å². The number of amides is 1. The smallest absolute Gasteiger partial charge is 0.397 e.